The van der Waals surface area contributed by atoms with E-state index in [9.17, 15) is 14.7 Å². The molecule has 1 unspecified atom stereocenters. The van der Waals surface area contributed by atoms with Crippen LogP contribution in [0.5, 0.6) is 0 Å². The molecule has 1 N–H and O–H groups in total. The van der Waals surface area contributed by atoms with Gasteiger partial charge in [0, 0.05) is 31.2 Å². The fourth-order valence-corrected chi connectivity index (χ4v) is 6.13. The van der Waals surface area contributed by atoms with Gasteiger partial charge in [0.1, 0.15) is 5.82 Å². The summed E-state index contributed by atoms with van der Waals surface area (Å²) < 4.78 is 13.0. The van der Waals surface area contributed by atoms with Gasteiger partial charge in [-0.2, -0.15) is 0 Å². The Morgan fingerprint density at radius 1 is 1.05 bits per heavy atom. The number of carboxylic acid groups (broad SMARTS) is 1. The highest BCUT2D eigenvalue weighted by Crippen LogP contribution is 2.40. The smallest absolute Gasteiger partial charge is 0.414 e. The number of amides is 1. The fourth-order valence-electron chi connectivity index (χ4n) is 6.13. The van der Waals surface area contributed by atoms with Crippen LogP contribution >= 0.6 is 0 Å². The zero-order chi connectivity index (χ0) is 26.1. The van der Waals surface area contributed by atoms with E-state index < -0.39 is 11.9 Å². The van der Waals surface area contributed by atoms with Gasteiger partial charge in [0.15, 0.2) is 0 Å². The third-order valence-corrected chi connectivity index (χ3v) is 8.13. The van der Waals surface area contributed by atoms with E-state index in [-0.39, 0.29) is 24.3 Å². The van der Waals surface area contributed by atoms with Crippen molar-refractivity contribution in [1.29, 1.82) is 0 Å². The molecule has 8 nitrogen and oxygen atoms in total. The summed E-state index contributed by atoms with van der Waals surface area (Å²) in [5.41, 5.74) is 4.49. The molecule has 1 amide bonds. The predicted octanol–water partition coefficient (Wildman–Crippen LogP) is 5.48. The van der Waals surface area contributed by atoms with Crippen LogP contribution in [0.1, 0.15) is 67.9 Å². The average molecular weight is 506 g/mol. The highest BCUT2D eigenvalue weighted by molar-refractivity contribution is 5.95. The van der Waals surface area contributed by atoms with E-state index in [2.05, 4.69) is 4.57 Å². The topological polar surface area (TPSA) is 93.9 Å². The lowest BCUT2D eigenvalue weighted by Crippen LogP contribution is -2.42. The van der Waals surface area contributed by atoms with Crippen molar-refractivity contribution >= 4 is 28.8 Å². The Balaban J connectivity index is 1.63. The minimum atomic E-state index is -0.861. The number of ether oxygens (including phenoxy) is 2. The molecule has 0 radical (unpaired) electrons. The zero-order valence-corrected chi connectivity index (χ0v) is 21.7. The molecule has 1 aromatic heterocycles. The third-order valence-electron chi connectivity index (χ3n) is 8.13. The number of rotatable bonds is 6. The molecule has 37 heavy (non-hydrogen) atoms. The molecule has 3 aromatic rings. The van der Waals surface area contributed by atoms with Crippen molar-refractivity contribution in [2.45, 2.75) is 76.0 Å². The molecule has 0 spiro atoms. The van der Waals surface area contributed by atoms with Crippen LogP contribution in [0.2, 0.25) is 0 Å². The molecular formula is C29H35N3O5. The summed E-state index contributed by atoms with van der Waals surface area (Å²) in [4.78, 5) is 31.9. The zero-order valence-electron chi connectivity index (χ0n) is 21.7. The second-order valence-electron chi connectivity index (χ2n) is 10.2. The number of aliphatic carboxylic acids is 1. The molecule has 1 fully saturated rings. The van der Waals surface area contributed by atoms with Crippen LogP contribution in [-0.2, 0) is 27.1 Å². The van der Waals surface area contributed by atoms with E-state index in [4.69, 9.17) is 14.5 Å². The largest absolute Gasteiger partial charge is 0.481 e. The van der Waals surface area contributed by atoms with Gasteiger partial charge in [0.25, 0.3) is 0 Å². The van der Waals surface area contributed by atoms with E-state index in [0.29, 0.717) is 6.42 Å². The average Bonchev–Trinajstić information content (AvgIpc) is 3.30. The Hall–Kier alpha value is -3.39. The third kappa shape index (κ3) is 4.70. The van der Waals surface area contributed by atoms with Crippen molar-refractivity contribution < 1.29 is 24.2 Å². The van der Waals surface area contributed by atoms with Crippen LogP contribution in [0.4, 0.5) is 10.5 Å². The highest BCUT2D eigenvalue weighted by atomic mass is 16.5. The summed E-state index contributed by atoms with van der Waals surface area (Å²) in [6, 6.07) is 13.7. The molecule has 1 aliphatic carbocycles. The summed E-state index contributed by atoms with van der Waals surface area (Å²) in [5.74, 6) is -0.779. The van der Waals surface area contributed by atoms with Crippen molar-refractivity contribution in [1.82, 2.24) is 9.55 Å². The number of benzene rings is 2. The Kier molecular flexibility index (Phi) is 7.20. The van der Waals surface area contributed by atoms with Crippen LogP contribution in [0, 0.1) is 0 Å². The van der Waals surface area contributed by atoms with Crippen LogP contribution in [-0.4, -0.2) is 53.1 Å². The number of aryl methyl sites for hydroxylation is 1. The lowest BCUT2D eigenvalue weighted by molar-refractivity contribution is -0.138. The molecule has 0 saturated heterocycles. The maximum Gasteiger partial charge on any atom is 0.414 e. The van der Waals surface area contributed by atoms with Crippen LogP contribution < -0.4 is 4.90 Å². The van der Waals surface area contributed by atoms with Crippen molar-refractivity contribution in [2.75, 3.05) is 19.1 Å². The van der Waals surface area contributed by atoms with Gasteiger partial charge in [0.05, 0.1) is 35.9 Å². The normalized spacial score (nSPS) is 22.5. The standard InChI is InChI=1S/C29H35N3O5/c1-18-9-14-22-24(31(18)29(35)37-3)15-16-25-27(22)30-26(32(25)20-10-12-21(36-2)13-11-20)17-23(28(33)34)19-7-5-4-6-8-19/h4-8,15-16,18,20-21,23H,9-14,17H2,1-3H3,(H,33,34)/t18-,20-,21-,23?/m0/s1. The van der Waals surface area contributed by atoms with Crippen LogP contribution in [0.25, 0.3) is 11.0 Å². The summed E-state index contributed by atoms with van der Waals surface area (Å²) in [7, 11) is 3.17. The monoisotopic (exact) mass is 505 g/mol. The molecule has 8 heteroatoms. The Labute approximate surface area is 217 Å². The van der Waals surface area contributed by atoms with Gasteiger partial charge in [-0.25, -0.2) is 9.78 Å². The van der Waals surface area contributed by atoms with Gasteiger partial charge < -0.3 is 19.1 Å². The quantitative estimate of drug-likeness (QED) is 0.476. The van der Waals surface area contributed by atoms with E-state index >= 15 is 0 Å². The first kappa shape index (κ1) is 25.3. The Morgan fingerprint density at radius 3 is 2.43 bits per heavy atom. The number of nitrogens with zero attached hydrogens (tertiary/aromatic N) is 3. The van der Waals surface area contributed by atoms with Crippen LogP contribution in [0.15, 0.2) is 42.5 Å². The fraction of sp³-hybridized carbons (Fsp3) is 0.483. The minimum absolute atomic E-state index is 0.0257. The number of methoxy groups -OCH3 is 2. The number of carboxylic acids is 1. The maximum atomic E-state index is 12.6. The van der Waals surface area contributed by atoms with E-state index in [1.807, 2.05) is 49.4 Å². The van der Waals surface area contributed by atoms with Gasteiger partial charge in [-0.3, -0.25) is 9.69 Å². The molecule has 0 bridgehead atoms. The van der Waals surface area contributed by atoms with E-state index in [1.54, 1.807) is 12.0 Å². The molecule has 196 valence electrons. The molecule has 2 atom stereocenters. The van der Waals surface area contributed by atoms with Gasteiger partial charge in [-0.15, -0.1) is 0 Å². The second-order valence-corrected chi connectivity index (χ2v) is 10.2. The lowest BCUT2D eigenvalue weighted by Gasteiger charge is -2.34. The summed E-state index contributed by atoms with van der Waals surface area (Å²) in [5, 5.41) is 10.2. The van der Waals surface area contributed by atoms with Gasteiger partial charge in [-0.05, 0) is 63.1 Å². The molecule has 1 saturated carbocycles. The number of aromatic nitrogens is 2. The summed E-state index contributed by atoms with van der Waals surface area (Å²) in [6.07, 6.45) is 5.60. The summed E-state index contributed by atoms with van der Waals surface area (Å²) >= 11 is 0. The molecule has 5 rings (SSSR count). The first-order valence-corrected chi connectivity index (χ1v) is 13.1. The SMILES string of the molecule is COC(=O)N1c2ccc3c(nc(CC(C(=O)O)c4ccccc4)n3[C@H]3CC[C@H](OC)CC3)c2CC[C@@H]1C. The van der Waals surface area contributed by atoms with Gasteiger partial charge in [0.2, 0.25) is 0 Å². The molecule has 2 aromatic carbocycles. The first-order chi connectivity index (χ1) is 17.9. The second kappa shape index (κ2) is 10.5. The molecule has 2 aliphatic rings. The van der Waals surface area contributed by atoms with E-state index in [1.165, 1.54) is 7.11 Å². The van der Waals surface area contributed by atoms with Crippen molar-refractivity contribution in [3.8, 4) is 0 Å². The lowest BCUT2D eigenvalue weighted by atomic mass is 9.91. The van der Waals surface area contributed by atoms with Crippen molar-refractivity contribution in [3.05, 3.63) is 59.4 Å². The van der Waals surface area contributed by atoms with E-state index in [0.717, 1.165) is 72.2 Å². The number of carbonyl (C=O) groups is 2. The van der Waals surface area contributed by atoms with Crippen molar-refractivity contribution in [2.24, 2.45) is 0 Å². The Morgan fingerprint density at radius 2 is 1.78 bits per heavy atom. The number of fused-ring (bicyclic) bond motifs is 3. The van der Waals surface area contributed by atoms with Crippen LogP contribution in [0.3, 0.4) is 0 Å². The highest BCUT2D eigenvalue weighted by Gasteiger charge is 2.34. The molecular weight excluding hydrogens is 470 g/mol. The van der Waals surface area contributed by atoms with Crippen molar-refractivity contribution in [3.63, 3.8) is 0 Å². The van der Waals surface area contributed by atoms with Gasteiger partial charge >= 0.3 is 12.1 Å². The first-order valence-electron chi connectivity index (χ1n) is 13.1. The summed E-state index contributed by atoms with van der Waals surface area (Å²) in [6.45, 7) is 2.03. The number of carbonyl (C=O) groups excluding carboxylic acids is 1. The minimum Gasteiger partial charge on any atom is -0.481 e. The molecule has 1 aliphatic heterocycles. The number of imidazole rings is 1. The number of hydrogen-bond acceptors (Lipinski definition) is 5. The van der Waals surface area contributed by atoms with Gasteiger partial charge in [-0.1, -0.05) is 30.3 Å². The predicted molar refractivity (Wildman–Crippen MR) is 141 cm³/mol. The number of anilines is 1. The molecule has 2 heterocycles. The Bertz CT molecular complexity index is 1280. The number of hydrogen-bond donors (Lipinski definition) is 1. The maximum absolute atomic E-state index is 12.6.